The molecule has 0 unspecified atom stereocenters. The zero-order valence-corrected chi connectivity index (χ0v) is 15.9. The number of rotatable bonds is 4. The first-order valence-corrected chi connectivity index (χ1v) is 9.69. The first-order chi connectivity index (χ1) is 14.3. The Hall–Kier alpha value is -3.91. The molecule has 2 heterocycles. The maximum atomic E-state index is 12.5. The van der Waals surface area contributed by atoms with Gasteiger partial charge in [0.05, 0.1) is 15.9 Å². The number of nitrogens with zero attached hydrogens (tertiary/aromatic N) is 5. The number of benzene rings is 3. The van der Waals surface area contributed by atoms with E-state index >= 15 is 0 Å². The van der Waals surface area contributed by atoms with Crippen LogP contribution < -0.4 is 5.32 Å². The van der Waals surface area contributed by atoms with Crippen LogP contribution in [0.4, 0.5) is 5.69 Å². The van der Waals surface area contributed by atoms with Gasteiger partial charge in [0.2, 0.25) is 0 Å². The highest BCUT2D eigenvalue weighted by atomic mass is 32.1. The zero-order chi connectivity index (χ0) is 19.6. The van der Waals surface area contributed by atoms with Gasteiger partial charge in [-0.05, 0) is 71.1 Å². The van der Waals surface area contributed by atoms with Crippen molar-refractivity contribution in [3.05, 3.63) is 84.7 Å². The highest BCUT2D eigenvalue weighted by Crippen LogP contribution is 2.30. The molecule has 0 aliphatic heterocycles. The molecule has 0 atom stereocenters. The third-order valence-corrected chi connectivity index (χ3v) is 5.51. The summed E-state index contributed by atoms with van der Waals surface area (Å²) in [5, 5.41) is 14.9. The van der Waals surface area contributed by atoms with Crippen molar-refractivity contribution in [3.63, 3.8) is 0 Å². The normalized spacial score (nSPS) is 10.9. The molecule has 1 amide bonds. The van der Waals surface area contributed by atoms with Crippen LogP contribution in [0.5, 0.6) is 0 Å². The fraction of sp³-hybridized carbons (Fsp3) is 0. The molecular weight excluding hydrogens is 384 g/mol. The Morgan fingerprint density at radius 1 is 0.931 bits per heavy atom. The van der Waals surface area contributed by atoms with E-state index < -0.39 is 0 Å². The Labute approximate surface area is 169 Å². The number of hydrogen-bond donors (Lipinski definition) is 1. The number of thiazole rings is 1. The molecule has 1 N–H and O–H groups in total. The topological polar surface area (TPSA) is 85.6 Å². The van der Waals surface area contributed by atoms with Crippen LogP contribution in [0.2, 0.25) is 0 Å². The largest absolute Gasteiger partial charge is 0.322 e. The van der Waals surface area contributed by atoms with Crippen LogP contribution in [0.25, 0.3) is 26.5 Å². The molecule has 140 valence electrons. The standard InChI is InChI=1S/C21H14N6OS/c28-20(14-7-11-17(12-8-14)27-13-22-25-26-27)23-16-9-5-15(6-10-16)21-24-18-3-1-2-4-19(18)29-21/h1-13H,(H,23,28). The molecular formula is C21H14N6OS. The number of hydrogen-bond acceptors (Lipinski definition) is 6. The van der Waals surface area contributed by atoms with E-state index in [2.05, 4.69) is 31.9 Å². The van der Waals surface area contributed by atoms with Crippen molar-refractivity contribution in [2.24, 2.45) is 0 Å². The molecule has 0 bridgehead atoms. The number of amides is 1. The molecule has 8 heteroatoms. The zero-order valence-electron chi connectivity index (χ0n) is 15.1. The van der Waals surface area contributed by atoms with Crippen molar-refractivity contribution in [1.29, 1.82) is 0 Å². The number of aromatic nitrogens is 5. The predicted molar refractivity (Wildman–Crippen MR) is 112 cm³/mol. The van der Waals surface area contributed by atoms with Crippen LogP contribution in [0.3, 0.4) is 0 Å². The van der Waals surface area contributed by atoms with Crippen molar-refractivity contribution in [3.8, 4) is 16.3 Å². The Morgan fingerprint density at radius 2 is 1.72 bits per heavy atom. The number of fused-ring (bicyclic) bond motifs is 1. The monoisotopic (exact) mass is 398 g/mol. The number of nitrogens with one attached hydrogen (secondary N) is 1. The molecule has 0 saturated carbocycles. The summed E-state index contributed by atoms with van der Waals surface area (Å²) < 4.78 is 2.69. The van der Waals surface area contributed by atoms with Crippen molar-refractivity contribution < 1.29 is 4.79 Å². The maximum Gasteiger partial charge on any atom is 0.255 e. The van der Waals surface area contributed by atoms with E-state index in [0.717, 1.165) is 32.2 Å². The molecule has 5 aromatic rings. The van der Waals surface area contributed by atoms with E-state index in [1.54, 1.807) is 35.6 Å². The molecule has 0 spiro atoms. The number of para-hydroxylation sites is 1. The molecule has 7 nitrogen and oxygen atoms in total. The Balaban J connectivity index is 1.31. The van der Waals surface area contributed by atoms with Gasteiger partial charge in [0.25, 0.3) is 5.91 Å². The minimum atomic E-state index is -0.180. The van der Waals surface area contributed by atoms with E-state index in [0.29, 0.717) is 5.56 Å². The third-order valence-electron chi connectivity index (χ3n) is 4.43. The lowest BCUT2D eigenvalue weighted by atomic mass is 10.1. The van der Waals surface area contributed by atoms with Gasteiger partial charge < -0.3 is 5.32 Å². The van der Waals surface area contributed by atoms with E-state index in [-0.39, 0.29) is 5.91 Å². The van der Waals surface area contributed by atoms with E-state index in [9.17, 15) is 4.79 Å². The van der Waals surface area contributed by atoms with Gasteiger partial charge in [-0.2, -0.15) is 0 Å². The van der Waals surface area contributed by atoms with Crippen LogP contribution in [0.15, 0.2) is 79.1 Å². The summed E-state index contributed by atoms with van der Waals surface area (Å²) in [7, 11) is 0. The van der Waals surface area contributed by atoms with Gasteiger partial charge in [0.1, 0.15) is 11.3 Å². The second kappa shape index (κ2) is 7.25. The lowest BCUT2D eigenvalue weighted by molar-refractivity contribution is 0.102. The fourth-order valence-corrected chi connectivity index (χ4v) is 3.91. The first-order valence-electron chi connectivity index (χ1n) is 8.87. The Morgan fingerprint density at radius 3 is 2.45 bits per heavy atom. The average molecular weight is 398 g/mol. The smallest absolute Gasteiger partial charge is 0.255 e. The van der Waals surface area contributed by atoms with Crippen molar-refractivity contribution in [1.82, 2.24) is 25.2 Å². The number of carbonyl (C=O) groups is 1. The molecule has 2 aromatic heterocycles. The highest BCUT2D eigenvalue weighted by Gasteiger charge is 2.09. The van der Waals surface area contributed by atoms with E-state index in [1.807, 2.05) is 42.5 Å². The van der Waals surface area contributed by atoms with E-state index in [4.69, 9.17) is 0 Å². The molecule has 0 aliphatic carbocycles. The average Bonchev–Trinajstić information content (AvgIpc) is 3.44. The highest BCUT2D eigenvalue weighted by molar-refractivity contribution is 7.21. The summed E-state index contributed by atoms with van der Waals surface area (Å²) in [4.78, 5) is 17.2. The van der Waals surface area contributed by atoms with Crippen molar-refractivity contribution in [2.75, 3.05) is 5.32 Å². The number of anilines is 1. The second-order valence-electron chi connectivity index (χ2n) is 6.32. The summed E-state index contributed by atoms with van der Waals surface area (Å²) in [5.74, 6) is -0.180. The van der Waals surface area contributed by atoms with Crippen molar-refractivity contribution >= 4 is 33.1 Å². The van der Waals surface area contributed by atoms with Crippen LogP contribution >= 0.6 is 11.3 Å². The van der Waals surface area contributed by atoms with E-state index in [1.165, 1.54) is 11.0 Å². The van der Waals surface area contributed by atoms with Gasteiger partial charge in [-0.15, -0.1) is 16.4 Å². The lowest BCUT2D eigenvalue weighted by Gasteiger charge is -2.07. The number of tetrazole rings is 1. The molecule has 0 saturated heterocycles. The van der Waals surface area contributed by atoms with Crippen LogP contribution in [0.1, 0.15) is 10.4 Å². The second-order valence-corrected chi connectivity index (χ2v) is 7.35. The summed E-state index contributed by atoms with van der Waals surface area (Å²) in [6.07, 6.45) is 1.50. The van der Waals surface area contributed by atoms with Gasteiger partial charge in [0, 0.05) is 16.8 Å². The summed E-state index contributed by atoms with van der Waals surface area (Å²) in [5.41, 5.74) is 4.08. The molecule has 0 aliphatic rings. The fourth-order valence-electron chi connectivity index (χ4n) is 2.94. The van der Waals surface area contributed by atoms with Crippen molar-refractivity contribution in [2.45, 2.75) is 0 Å². The predicted octanol–water partition coefficient (Wildman–Crippen LogP) is 4.19. The van der Waals surface area contributed by atoms with Gasteiger partial charge in [-0.25, -0.2) is 9.67 Å². The third kappa shape index (κ3) is 3.48. The minimum Gasteiger partial charge on any atom is -0.322 e. The van der Waals surface area contributed by atoms with Gasteiger partial charge in [0.15, 0.2) is 0 Å². The van der Waals surface area contributed by atoms with Crippen LogP contribution in [-0.4, -0.2) is 31.1 Å². The molecule has 5 rings (SSSR count). The summed E-state index contributed by atoms with van der Waals surface area (Å²) in [6.45, 7) is 0. The minimum absolute atomic E-state index is 0.180. The maximum absolute atomic E-state index is 12.5. The number of carbonyl (C=O) groups excluding carboxylic acids is 1. The molecule has 3 aromatic carbocycles. The molecule has 0 fully saturated rings. The SMILES string of the molecule is O=C(Nc1ccc(-c2nc3ccccc3s2)cc1)c1ccc(-n2cnnn2)cc1. The summed E-state index contributed by atoms with van der Waals surface area (Å²) in [6, 6.07) is 22.8. The van der Waals surface area contributed by atoms with Gasteiger partial charge >= 0.3 is 0 Å². The van der Waals surface area contributed by atoms with Crippen LogP contribution in [0, 0.1) is 0 Å². The molecule has 0 radical (unpaired) electrons. The van der Waals surface area contributed by atoms with Gasteiger partial charge in [-0.1, -0.05) is 12.1 Å². The lowest BCUT2D eigenvalue weighted by Crippen LogP contribution is -2.11. The quantitative estimate of drug-likeness (QED) is 0.491. The van der Waals surface area contributed by atoms with Gasteiger partial charge in [-0.3, -0.25) is 4.79 Å². The first kappa shape index (κ1) is 17.2. The van der Waals surface area contributed by atoms with Crippen LogP contribution in [-0.2, 0) is 0 Å². The molecule has 29 heavy (non-hydrogen) atoms. The Kier molecular flexibility index (Phi) is 4.30. The summed E-state index contributed by atoms with van der Waals surface area (Å²) >= 11 is 1.65. The Bertz CT molecular complexity index is 1240.